The number of halogens is 1. The fraction of sp³-hybridized carbons (Fsp3) is 0.500. The molecule has 0 aliphatic carbocycles. The molecule has 0 amide bonds. The van der Waals surface area contributed by atoms with E-state index in [0.717, 1.165) is 18.9 Å². The molecule has 1 N–H and O–H groups in total. The van der Waals surface area contributed by atoms with Gasteiger partial charge in [0.15, 0.2) is 9.84 Å². The first-order valence-corrected chi connectivity index (χ1v) is 8.34. The number of carbonyl (C=O) groups is 1. The molecule has 0 spiro atoms. The van der Waals surface area contributed by atoms with E-state index in [9.17, 15) is 17.6 Å². The summed E-state index contributed by atoms with van der Waals surface area (Å²) in [5, 5.41) is 8.93. The van der Waals surface area contributed by atoms with Crippen molar-refractivity contribution in [1.82, 2.24) is 0 Å². The van der Waals surface area contributed by atoms with E-state index in [1.165, 1.54) is 13.0 Å². The zero-order valence-electron chi connectivity index (χ0n) is 11.6. The first-order chi connectivity index (χ1) is 9.81. The Labute approximate surface area is 122 Å². The molecule has 0 radical (unpaired) electrons. The standard InChI is InChI=1S/C14H17FO5S/c1-9-7-11(8-12(13(9)15)14(16)17)21(18,19)6-4-10-3-2-5-20-10/h7-8,10H,2-6H2,1H3,(H,16,17). The van der Waals surface area contributed by atoms with Crippen molar-refractivity contribution in [1.29, 1.82) is 0 Å². The van der Waals surface area contributed by atoms with Gasteiger partial charge in [-0.05, 0) is 43.9 Å². The first-order valence-electron chi connectivity index (χ1n) is 6.69. The highest BCUT2D eigenvalue weighted by Crippen LogP contribution is 2.23. The Bertz CT molecular complexity index is 648. The molecular weight excluding hydrogens is 299 g/mol. The topological polar surface area (TPSA) is 80.7 Å². The summed E-state index contributed by atoms with van der Waals surface area (Å²) in [6, 6.07) is 2.06. The predicted octanol–water partition coefficient (Wildman–Crippen LogP) is 2.18. The van der Waals surface area contributed by atoms with E-state index in [0.29, 0.717) is 13.0 Å². The summed E-state index contributed by atoms with van der Waals surface area (Å²) < 4.78 is 43.5. The lowest BCUT2D eigenvalue weighted by Gasteiger charge is -2.11. The number of aryl methyl sites for hydroxylation is 1. The van der Waals surface area contributed by atoms with Crippen molar-refractivity contribution < 1.29 is 27.4 Å². The molecule has 1 fully saturated rings. The van der Waals surface area contributed by atoms with Crippen LogP contribution in [0.4, 0.5) is 4.39 Å². The van der Waals surface area contributed by atoms with Gasteiger partial charge in [-0.2, -0.15) is 0 Å². The number of carboxylic acids is 1. The van der Waals surface area contributed by atoms with E-state index in [1.54, 1.807) is 0 Å². The van der Waals surface area contributed by atoms with Crippen LogP contribution in [0.1, 0.15) is 35.2 Å². The van der Waals surface area contributed by atoms with Crippen LogP contribution in [-0.2, 0) is 14.6 Å². The second kappa shape index (κ2) is 6.11. The lowest BCUT2D eigenvalue weighted by atomic mass is 10.1. The van der Waals surface area contributed by atoms with Gasteiger partial charge in [-0.3, -0.25) is 0 Å². The van der Waals surface area contributed by atoms with Crippen molar-refractivity contribution in [2.45, 2.75) is 37.2 Å². The minimum absolute atomic E-state index is 0.00518. The third-order valence-corrected chi connectivity index (χ3v) is 5.28. The van der Waals surface area contributed by atoms with Crippen molar-refractivity contribution >= 4 is 15.8 Å². The molecule has 1 aromatic rings. The van der Waals surface area contributed by atoms with Crippen LogP contribution in [0.3, 0.4) is 0 Å². The molecule has 2 rings (SSSR count). The quantitative estimate of drug-likeness (QED) is 0.842. The SMILES string of the molecule is Cc1cc(S(=O)(=O)CCC2CCCO2)cc(C(=O)O)c1F. The number of hydrogen-bond acceptors (Lipinski definition) is 4. The van der Waals surface area contributed by atoms with Gasteiger partial charge in [0, 0.05) is 6.61 Å². The van der Waals surface area contributed by atoms with Crippen molar-refractivity contribution in [2.75, 3.05) is 12.4 Å². The lowest BCUT2D eigenvalue weighted by Crippen LogP contribution is -2.15. The molecule has 0 aromatic heterocycles. The Morgan fingerprint density at radius 2 is 2.19 bits per heavy atom. The number of aromatic carboxylic acids is 1. The number of carboxylic acid groups (broad SMARTS) is 1. The molecule has 0 bridgehead atoms. The average molecular weight is 316 g/mol. The fourth-order valence-corrected chi connectivity index (χ4v) is 3.81. The van der Waals surface area contributed by atoms with Gasteiger partial charge in [-0.25, -0.2) is 17.6 Å². The zero-order valence-corrected chi connectivity index (χ0v) is 12.5. The third kappa shape index (κ3) is 3.59. The average Bonchev–Trinajstić information content (AvgIpc) is 2.92. The summed E-state index contributed by atoms with van der Waals surface area (Å²) in [6.45, 7) is 1.99. The predicted molar refractivity (Wildman–Crippen MR) is 73.7 cm³/mol. The largest absolute Gasteiger partial charge is 0.478 e. The molecule has 21 heavy (non-hydrogen) atoms. The highest BCUT2D eigenvalue weighted by atomic mass is 32.2. The molecule has 1 aliphatic heterocycles. The Hall–Kier alpha value is -1.47. The Morgan fingerprint density at radius 1 is 1.48 bits per heavy atom. The molecule has 1 heterocycles. The summed E-state index contributed by atoms with van der Waals surface area (Å²) in [5.74, 6) is -2.52. The minimum Gasteiger partial charge on any atom is -0.478 e. The number of benzene rings is 1. The van der Waals surface area contributed by atoms with Gasteiger partial charge >= 0.3 is 5.97 Å². The van der Waals surface area contributed by atoms with Crippen LogP contribution in [0.5, 0.6) is 0 Å². The third-order valence-electron chi connectivity index (χ3n) is 3.55. The van der Waals surface area contributed by atoms with Gasteiger partial charge < -0.3 is 9.84 Å². The smallest absolute Gasteiger partial charge is 0.338 e. The zero-order chi connectivity index (χ0) is 15.6. The summed E-state index contributed by atoms with van der Waals surface area (Å²) in [4.78, 5) is 10.8. The first kappa shape index (κ1) is 15.9. The summed E-state index contributed by atoms with van der Waals surface area (Å²) in [7, 11) is -3.65. The van der Waals surface area contributed by atoms with Crippen LogP contribution in [0.2, 0.25) is 0 Å². The number of rotatable bonds is 5. The van der Waals surface area contributed by atoms with E-state index in [1.807, 2.05) is 0 Å². The Balaban J connectivity index is 2.24. The second-order valence-electron chi connectivity index (χ2n) is 5.15. The number of sulfone groups is 1. The van der Waals surface area contributed by atoms with Gasteiger partial charge in [-0.15, -0.1) is 0 Å². The van der Waals surface area contributed by atoms with Crippen LogP contribution in [0.15, 0.2) is 17.0 Å². The van der Waals surface area contributed by atoms with Gasteiger partial charge in [0.2, 0.25) is 0 Å². The molecule has 0 saturated carbocycles. The van der Waals surface area contributed by atoms with Crippen LogP contribution < -0.4 is 0 Å². The Kier molecular flexibility index (Phi) is 4.63. The highest BCUT2D eigenvalue weighted by Gasteiger charge is 2.24. The van der Waals surface area contributed by atoms with E-state index in [-0.39, 0.29) is 22.3 Å². The van der Waals surface area contributed by atoms with E-state index in [2.05, 4.69) is 0 Å². The summed E-state index contributed by atoms with van der Waals surface area (Å²) in [5.41, 5.74) is -0.615. The maximum atomic E-state index is 13.7. The van der Waals surface area contributed by atoms with Crippen LogP contribution >= 0.6 is 0 Å². The molecule has 116 valence electrons. The molecule has 1 aliphatic rings. The lowest BCUT2D eigenvalue weighted by molar-refractivity contribution is 0.0691. The maximum Gasteiger partial charge on any atom is 0.338 e. The fourth-order valence-electron chi connectivity index (χ4n) is 2.35. The van der Waals surface area contributed by atoms with Crippen LogP contribution in [0, 0.1) is 12.7 Å². The molecule has 1 saturated heterocycles. The van der Waals surface area contributed by atoms with E-state index in [4.69, 9.17) is 9.84 Å². The van der Waals surface area contributed by atoms with Crippen LogP contribution in [-0.4, -0.2) is 38.0 Å². The van der Waals surface area contributed by atoms with E-state index >= 15 is 0 Å². The van der Waals surface area contributed by atoms with Crippen molar-refractivity contribution in [3.8, 4) is 0 Å². The molecular formula is C14H17FO5S. The minimum atomic E-state index is -3.65. The van der Waals surface area contributed by atoms with Gasteiger partial charge in [-0.1, -0.05) is 0 Å². The van der Waals surface area contributed by atoms with Crippen molar-refractivity contribution in [2.24, 2.45) is 0 Å². The van der Waals surface area contributed by atoms with Crippen LogP contribution in [0.25, 0.3) is 0 Å². The highest BCUT2D eigenvalue weighted by molar-refractivity contribution is 7.91. The Morgan fingerprint density at radius 3 is 2.76 bits per heavy atom. The number of ether oxygens (including phenoxy) is 1. The molecule has 5 nitrogen and oxygen atoms in total. The maximum absolute atomic E-state index is 13.7. The van der Waals surface area contributed by atoms with E-state index < -0.39 is 27.2 Å². The van der Waals surface area contributed by atoms with Crippen molar-refractivity contribution in [3.05, 3.63) is 29.1 Å². The monoisotopic (exact) mass is 316 g/mol. The number of hydrogen-bond donors (Lipinski definition) is 1. The van der Waals surface area contributed by atoms with Gasteiger partial charge in [0.05, 0.1) is 22.3 Å². The molecule has 1 atom stereocenters. The molecule has 1 unspecified atom stereocenters. The normalized spacial score (nSPS) is 18.9. The summed E-state index contributed by atoms with van der Waals surface area (Å²) >= 11 is 0. The molecule has 1 aromatic carbocycles. The van der Waals surface area contributed by atoms with Gasteiger partial charge in [0.25, 0.3) is 0 Å². The van der Waals surface area contributed by atoms with Gasteiger partial charge in [0.1, 0.15) is 5.82 Å². The second-order valence-corrected chi connectivity index (χ2v) is 7.26. The van der Waals surface area contributed by atoms with Crippen molar-refractivity contribution in [3.63, 3.8) is 0 Å². The molecule has 7 heteroatoms. The summed E-state index contributed by atoms with van der Waals surface area (Å²) in [6.07, 6.45) is 2.04.